The monoisotopic (exact) mass is 371 g/mol. The first kappa shape index (κ1) is 17.9. The third-order valence-corrected chi connectivity index (χ3v) is 5.91. The lowest BCUT2D eigenvalue weighted by Gasteiger charge is -2.47. The second-order valence-electron chi connectivity index (χ2n) is 7.94. The van der Waals surface area contributed by atoms with E-state index in [2.05, 4.69) is 15.4 Å². The van der Waals surface area contributed by atoms with Crippen molar-refractivity contribution in [2.24, 2.45) is 5.41 Å². The topological polar surface area (TPSA) is 102 Å². The standard InChI is InChI=1S/C19H25N5O3/c1-13(25)11-24-12-19(5-4-17(24)26)6-8-23(9-7-19)18(27)14-2-3-15-16(10-14)21-22-20-15/h2-3,10,13,25H,4-9,11-12H2,1H3,(H,20,21,22)/t13-/m1/s1. The molecule has 1 aromatic carbocycles. The van der Waals surface area contributed by atoms with E-state index in [1.807, 2.05) is 4.90 Å². The number of β-amino-alcohol motifs (C(OH)–C–C–N with tert-alkyl or cyclic N) is 1. The molecule has 8 nitrogen and oxygen atoms in total. The molecule has 2 fully saturated rings. The summed E-state index contributed by atoms with van der Waals surface area (Å²) in [6.45, 7) is 4.16. The van der Waals surface area contributed by atoms with Crippen LogP contribution in [0, 0.1) is 5.41 Å². The maximum absolute atomic E-state index is 12.9. The summed E-state index contributed by atoms with van der Waals surface area (Å²) in [5, 5.41) is 20.3. The fourth-order valence-electron chi connectivity index (χ4n) is 4.34. The van der Waals surface area contributed by atoms with Gasteiger partial charge in [0.1, 0.15) is 11.0 Å². The number of amides is 2. The van der Waals surface area contributed by atoms with Gasteiger partial charge in [-0.15, -0.1) is 0 Å². The quantitative estimate of drug-likeness (QED) is 0.844. The zero-order valence-corrected chi connectivity index (χ0v) is 15.5. The molecule has 0 unspecified atom stereocenters. The maximum atomic E-state index is 12.9. The van der Waals surface area contributed by atoms with E-state index < -0.39 is 6.10 Å². The number of aromatic nitrogens is 3. The van der Waals surface area contributed by atoms with Crippen LogP contribution in [0.2, 0.25) is 0 Å². The van der Waals surface area contributed by atoms with E-state index in [0.29, 0.717) is 43.7 Å². The molecule has 8 heteroatoms. The van der Waals surface area contributed by atoms with Crippen molar-refractivity contribution in [3.63, 3.8) is 0 Å². The predicted molar refractivity (Wildman–Crippen MR) is 99.0 cm³/mol. The highest BCUT2D eigenvalue weighted by Crippen LogP contribution is 2.40. The number of carbonyl (C=O) groups is 2. The van der Waals surface area contributed by atoms with Gasteiger partial charge >= 0.3 is 0 Å². The minimum Gasteiger partial charge on any atom is -0.392 e. The molecule has 27 heavy (non-hydrogen) atoms. The Bertz CT molecular complexity index is 854. The molecule has 144 valence electrons. The smallest absolute Gasteiger partial charge is 0.253 e. The molecule has 2 aromatic rings. The molecule has 2 saturated heterocycles. The molecule has 0 bridgehead atoms. The fraction of sp³-hybridized carbons (Fsp3) is 0.579. The summed E-state index contributed by atoms with van der Waals surface area (Å²) in [6, 6.07) is 5.37. The molecule has 1 aromatic heterocycles. The number of fused-ring (bicyclic) bond motifs is 1. The van der Waals surface area contributed by atoms with Crippen LogP contribution in [0.3, 0.4) is 0 Å². The number of nitrogens with one attached hydrogen (secondary N) is 1. The molecule has 3 heterocycles. The molecule has 2 aliphatic rings. The Labute approximate surface area is 157 Å². The molecule has 2 aliphatic heterocycles. The zero-order chi connectivity index (χ0) is 19.0. The zero-order valence-electron chi connectivity index (χ0n) is 15.5. The Morgan fingerprint density at radius 1 is 1.26 bits per heavy atom. The third-order valence-electron chi connectivity index (χ3n) is 5.91. The van der Waals surface area contributed by atoms with E-state index in [9.17, 15) is 14.7 Å². The largest absolute Gasteiger partial charge is 0.392 e. The van der Waals surface area contributed by atoms with Crippen molar-refractivity contribution in [3.8, 4) is 0 Å². The number of likely N-dealkylation sites (tertiary alicyclic amines) is 2. The van der Waals surface area contributed by atoms with Crippen LogP contribution in [0.15, 0.2) is 18.2 Å². The molecule has 4 rings (SSSR count). The summed E-state index contributed by atoms with van der Waals surface area (Å²) in [4.78, 5) is 28.7. The summed E-state index contributed by atoms with van der Waals surface area (Å²) in [5.74, 6) is 0.142. The van der Waals surface area contributed by atoms with Crippen LogP contribution < -0.4 is 0 Å². The van der Waals surface area contributed by atoms with Crippen LogP contribution in [0.4, 0.5) is 0 Å². The van der Waals surface area contributed by atoms with E-state index in [0.717, 1.165) is 24.8 Å². The number of nitrogens with zero attached hydrogens (tertiary/aromatic N) is 4. The number of aliphatic hydroxyl groups excluding tert-OH is 1. The van der Waals surface area contributed by atoms with Crippen molar-refractivity contribution < 1.29 is 14.7 Å². The molecule has 2 amide bonds. The van der Waals surface area contributed by atoms with Crippen molar-refractivity contribution in [3.05, 3.63) is 23.8 Å². The van der Waals surface area contributed by atoms with Crippen LogP contribution in [-0.2, 0) is 4.79 Å². The Balaban J connectivity index is 1.42. The third kappa shape index (κ3) is 3.53. The summed E-state index contributed by atoms with van der Waals surface area (Å²) in [6.07, 6.45) is 2.65. The van der Waals surface area contributed by atoms with Crippen LogP contribution in [0.5, 0.6) is 0 Å². The number of hydrogen-bond acceptors (Lipinski definition) is 5. The molecule has 0 aliphatic carbocycles. The van der Waals surface area contributed by atoms with Gasteiger partial charge < -0.3 is 14.9 Å². The van der Waals surface area contributed by atoms with Gasteiger partial charge in [-0.25, -0.2) is 0 Å². The second kappa shape index (κ2) is 6.92. The lowest BCUT2D eigenvalue weighted by Crippen LogP contribution is -2.53. The number of piperidine rings is 2. The fourth-order valence-corrected chi connectivity index (χ4v) is 4.34. The minimum absolute atomic E-state index is 0.0162. The number of hydrogen-bond donors (Lipinski definition) is 2. The van der Waals surface area contributed by atoms with E-state index in [1.54, 1.807) is 30.0 Å². The van der Waals surface area contributed by atoms with Gasteiger partial charge in [0.2, 0.25) is 5.91 Å². The highest BCUT2D eigenvalue weighted by Gasteiger charge is 2.41. The lowest BCUT2D eigenvalue weighted by molar-refractivity contribution is -0.140. The summed E-state index contributed by atoms with van der Waals surface area (Å²) in [7, 11) is 0. The Kier molecular flexibility index (Phi) is 4.59. The average Bonchev–Trinajstić information content (AvgIpc) is 3.12. The SMILES string of the molecule is C[C@@H](O)CN1CC2(CCC1=O)CCN(C(=O)c1ccc3n[nH]nc3c1)CC2. The van der Waals surface area contributed by atoms with Crippen molar-refractivity contribution in [2.45, 2.75) is 38.7 Å². The summed E-state index contributed by atoms with van der Waals surface area (Å²) < 4.78 is 0. The number of aromatic amines is 1. The maximum Gasteiger partial charge on any atom is 0.253 e. The molecule has 1 spiro atoms. The second-order valence-corrected chi connectivity index (χ2v) is 7.94. The van der Waals surface area contributed by atoms with Crippen LogP contribution in [0.1, 0.15) is 43.0 Å². The van der Waals surface area contributed by atoms with Gasteiger partial charge in [0.15, 0.2) is 0 Å². The first-order chi connectivity index (χ1) is 13.0. The molecular weight excluding hydrogens is 346 g/mol. The van der Waals surface area contributed by atoms with Gasteiger partial charge in [0.25, 0.3) is 5.91 Å². The van der Waals surface area contributed by atoms with Crippen LogP contribution >= 0.6 is 0 Å². The Hall–Kier alpha value is -2.48. The van der Waals surface area contributed by atoms with E-state index >= 15 is 0 Å². The number of benzene rings is 1. The number of carbonyl (C=O) groups excluding carboxylic acids is 2. The van der Waals surface area contributed by atoms with Gasteiger partial charge in [0, 0.05) is 38.2 Å². The van der Waals surface area contributed by atoms with Crippen molar-refractivity contribution in [2.75, 3.05) is 26.2 Å². The first-order valence-corrected chi connectivity index (χ1v) is 9.51. The van der Waals surface area contributed by atoms with Gasteiger partial charge in [0.05, 0.1) is 6.10 Å². The number of H-pyrrole nitrogens is 1. The van der Waals surface area contributed by atoms with Crippen molar-refractivity contribution in [1.82, 2.24) is 25.2 Å². The minimum atomic E-state index is -0.516. The highest BCUT2D eigenvalue weighted by atomic mass is 16.3. The molecule has 1 atom stereocenters. The first-order valence-electron chi connectivity index (χ1n) is 9.51. The van der Waals surface area contributed by atoms with Gasteiger partial charge in [-0.2, -0.15) is 15.4 Å². The molecule has 2 N–H and O–H groups in total. The van der Waals surface area contributed by atoms with E-state index in [-0.39, 0.29) is 17.2 Å². The molecule has 0 radical (unpaired) electrons. The average molecular weight is 371 g/mol. The summed E-state index contributed by atoms with van der Waals surface area (Å²) >= 11 is 0. The highest BCUT2D eigenvalue weighted by molar-refractivity contribution is 5.97. The normalized spacial score (nSPS) is 21.0. The molecular formula is C19H25N5O3. The van der Waals surface area contributed by atoms with Gasteiger partial charge in [-0.05, 0) is 49.8 Å². The van der Waals surface area contributed by atoms with Crippen LogP contribution in [0.25, 0.3) is 11.0 Å². The van der Waals surface area contributed by atoms with Crippen LogP contribution in [-0.4, -0.2) is 74.4 Å². The summed E-state index contributed by atoms with van der Waals surface area (Å²) in [5.41, 5.74) is 2.13. The number of aliphatic hydroxyl groups is 1. The lowest BCUT2D eigenvalue weighted by atomic mass is 9.72. The van der Waals surface area contributed by atoms with Gasteiger partial charge in [-0.3, -0.25) is 9.59 Å². The molecule has 0 saturated carbocycles. The Morgan fingerprint density at radius 2 is 2.00 bits per heavy atom. The Morgan fingerprint density at radius 3 is 2.74 bits per heavy atom. The predicted octanol–water partition coefficient (Wildman–Crippen LogP) is 1.18. The van der Waals surface area contributed by atoms with Crippen molar-refractivity contribution in [1.29, 1.82) is 0 Å². The number of rotatable bonds is 3. The van der Waals surface area contributed by atoms with E-state index in [4.69, 9.17) is 0 Å². The van der Waals surface area contributed by atoms with E-state index in [1.165, 1.54) is 0 Å². The van der Waals surface area contributed by atoms with Gasteiger partial charge in [-0.1, -0.05) is 0 Å². The van der Waals surface area contributed by atoms with Crippen molar-refractivity contribution >= 4 is 22.8 Å².